The monoisotopic (exact) mass is 341 g/mol. The second kappa shape index (κ2) is 6.30. The van der Waals surface area contributed by atoms with Gasteiger partial charge < -0.3 is 4.74 Å². The third kappa shape index (κ3) is 2.56. The van der Waals surface area contributed by atoms with Crippen LogP contribution in [0.3, 0.4) is 0 Å². The van der Waals surface area contributed by atoms with Crippen LogP contribution in [-0.2, 0) is 0 Å². The molecular weight excluding hydrogens is 326 g/mol. The standard InChI is InChI=1S/C20H15N5O/c1-13-11-25(12-23-13)20-16-4-3-15(26-2)9-17(16)19(18(10-21)24-20)14-5-7-22-8-6-14/h3-9,11-12H,1-2H3. The van der Waals surface area contributed by atoms with Gasteiger partial charge in [0.1, 0.15) is 24.0 Å². The van der Waals surface area contributed by atoms with Gasteiger partial charge >= 0.3 is 0 Å². The Morgan fingerprint density at radius 3 is 2.58 bits per heavy atom. The molecule has 0 spiro atoms. The van der Waals surface area contributed by atoms with Gasteiger partial charge in [-0.1, -0.05) is 0 Å². The molecule has 0 saturated heterocycles. The molecule has 3 heterocycles. The number of benzene rings is 1. The van der Waals surface area contributed by atoms with Crippen LogP contribution in [0.4, 0.5) is 0 Å². The summed E-state index contributed by atoms with van der Waals surface area (Å²) in [5, 5.41) is 11.6. The lowest BCUT2D eigenvalue weighted by molar-refractivity contribution is 0.415. The Balaban J connectivity index is 2.13. The Kier molecular flexibility index (Phi) is 3.82. The molecule has 4 rings (SSSR count). The van der Waals surface area contributed by atoms with E-state index in [1.54, 1.807) is 25.8 Å². The molecule has 4 aromatic rings. The predicted octanol–water partition coefficient (Wildman–Crippen LogP) is 3.67. The minimum atomic E-state index is 0.346. The zero-order valence-electron chi connectivity index (χ0n) is 14.3. The number of nitrogens with zero attached hydrogens (tertiary/aromatic N) is 5. The van der Waals surface area contributed by atoms with Gasteiger partial charge in [-0.05, 0) is 48.2 Å². The highest BCUT2D eigenvalue weighted by atomic mass is 16.5. The molecule has 6 nitrogen and oxygen atoms in total. The van der Waals surface area contributed by atoms with Crippen LogP contribution in [0.25, 0.3) is 27.7 Å². The van der Waals surface area contributed by atoms with Crippen LogP contribution in [0, 0.1) is 18.3 Å². The molecule has 26 heavy (non-hydrogen) atoms. The zero-order valence-corrected chi connectivity index (χ0v) is 14.3. The topological polar surface area (TPSA) is 76.6 Å². The predicted molar refractivity (Wildman–Crippen MR) is 98.1 cm³/mol. The summed E-state index contributed by atoms with van der Waals surface area (Å²) in [6, 6.07) is 11.8. The summed E-state index contributed by atoms with van der Waals surface area (Å²) in [5.41, 5.74) is 2.88. The van der Waals surface area contributed by atoms with E-state index in [0.29, 0.717) is 11.5 Å². The lowest BCUT2D eigenvalue weighted by atomic mass is 9.97. The van der Waals surface area contributed by atoms with Gasteiger partial charge in [0.25, 0.3) is 0 Å². The van der Waals surface area contributed by atoms with E-state index in [0.717, 1.165) is 33.3 Å². The summed E-state index contributed by atoms with van der Waals surface area (Å²) in [6.07, 6.45) is 7.00. The van der Waals surface area contributed by atoms with Gasteiger partial charge in [-0.25, -0.2) is 9.97 Å². The molecule has 3 aromatic heterocycles. The Hall–Kier alpha value is -3.72. The van der Waals surface area contributed by atoms with Crippen LogP contribution in [0.2, 0.25) is 0 Å². The number of nitriles is 1. The highest BCUT2D eigenvalue weighted by Gasteiger charge is 2.17. The number of methoxy groups -OCH3 is 1. The molecule has 0 amide bonds. The van der Waals surface area contributed by atoms with Gasteiger partial charge in [-0.2, -0.15) is 5.26 Å². The van der Waals surface area contributed by atoms with E-state index >= 15 is 0 Å². The van der Waals surface area contributed by atoms with Crippen molar-refractivity contribution in [3.8, 4) is 28.8 Å². The van der Waals surface area contributed by atoms with Crippen molar-refractivity contribution < 1.29 is 4.74 Å². The second-order valence-electron chi connectivity index (χ2n) is 5.84. The molecule has 0 bridgehead atoms. The van der Waals surface area contributed by atoms with Gasteiger partial charge in [0.15, 0.2) is 5.69 Å². The first-order valence-electron chi connectivity index (χ1n) is 8.04. The molecule has 0 radical (unpaired) electrons. The van der Waals surface area contributed by atoms with Crippen molar-refractivity contribution in [2.45, 2.75) is 6.92 Å². The SMILES string of the molecule is COc1ccc2c(-n3cnc(C)c3)nc(C#N)c(-c3ccncc3)c2c1. The van der Waals surface area contributed by atoms with Gasteiger partial charge in [0.2, 0.25) is 0 Å². The van der Waals surface area contributed by atoms with Crippen molar-refractivity contribution in [2.24, 2.45) is 0 Å². The molecule has 0 aliphatic heterocycles. The van der Waals surface area contributed by atoms with Crippen molar-refractivity contribution in [3.05, 3.63) is 66.6 Å². The van der Waals surface area contributed by atoms with E-state index in [9.17, 15) is 5.26 Å². The zero-order chi connectivity index (χ0) is 18.1. The van der Waals surface area contributed by atoms with Crippen molar-refractivity contribution in [1.82, 2.24) is 19.5 Å². The second-order valence-corrected chi connectivity index (χ2v) is 5.84. The number of aryl methyl sites for hydroxylation is 1. The summed E-state index contributed by atoms with van der Waals surface area (Å²) < 4.78 is 7.24. The molecule has 0 aliphatic carbocycles. The fraction of sp³-hybridized carbons (Fsp3) is 0.100. The van der Waals surface area contributed by atoms with Crippen LogP contribution >= 0.6 is 0 Å². The van der Waals surface area contributed by atoms with Gasteiger partial charge in [0, 0.05) is 29.5 Å². The van der Waals surface area contributed by atoms with Gasteiger partial charge in [-0.15, -0.1) is 0 Å². The summed E-state index contributed by atoms with van der Waals surface area (Å²) in [6.45, 7) is 1.91. The van der Waals surface area contributed by atoms with Gasteiger partial charge in [-0.3, -0.25) is 9.55 Å². The maximum Gasteiger partial charge on any atom is 0.151 e. The average molecular weight is 341 g/mol. The quantitative estimate of drug-likeness (QED) is 0.568. The summed E-state index contributed by atoms with van der Waals surface area (Å²) in [5.74, 6) is 1.38. The van der Waals surface area contributed by atoms with E-state index < -0.39 is 0 Å². The van der Waals surface area contributed by atoms with Crippen LogP contribution in [0.1, 0.15) is 11.4 Å². The molecule has 0 saturated carbocycles. The number of aromatic nitrogens is 4. The minimum absolute atomic E-state index is 0.346. The Labute approximate surface area is 150 Å². The van der Waals surface area contributed by atoms with E-state index in [1.165, 1.54) is 0 Å². The number of imidazole rings is 1. The maximum absolute atomic E-state index is 9.76. The summed E-state index contributed by atoms with van der Waals surface area (Å²) >= 11 is 0. The lowest BCUT2D eigenvalue weighted by Crippen LogP contribution is -2.02. The molecule has 126 valence electrons. The van der Waals surface area contributed by atoms with Crippen LogP contribution < -0.4 is 4.74 Å². The third-order valence-electron chi connectivity index (χ3n) is 4.22. The number of ether oxygens (including phenoxy) is 1. The average Bonchev–Trinajstić information content (AvgIpc) is 3.12. The molecule has 6 heteroatoms. The number of fused-ring (bicyclic) bond motifs is 1. The number of pyridine rings is 2. The Morgan fingerprint density at radius 1 is 1.12 bits per heavy atom. The lowest BCUT2D eigenvalue weighted by Gasteiger charge is -2.14. The molecule has 1 aromatic carbocycles. The Bertz CT molecular complexity index is 1140. The number of hydrogen-bond donors (Lipinski definition) is 0. The third-order valence-corrected chi connectivity index (χ3v) is 4.22. The summed E-state index contributed by atoms with van der Waals surface area (Å²) in [7, 11) is 1.62. The van der Waals surface area contributed by atoms with Crippen molar-refractivity contribution in [2.75, 3.05) is 7.11 Å². The van der Waals surface area contributed by atoms with E-state index in [1.807, 2.05) is 48.0 Å². The van der Waals surface area contributed by atoms with Crippen molar-refractivity contribution in [3.63, 3.8) is 0 Å². The number of hydrogen-bond acceptors (Lipinski definition) is 5. The molecule has 0 N–H and O–H groups in total. The molecule has 0 atom stereocenters. The van der Waals surface area contributed by atoms with E-state index in [-0.39, 0.29) is 0 Å². The van der Waals surface area contributed by atoms with Crippen molar-refractivity contribution >= 4 is 10.8 Å². The van der Waals surface area contributed by atoms with E-state index in [2.05, 4.69) is 21.0 Å². The smallest absolute Gasteiger partial charge is 0.151 e. The Morgan fingerprint density at radius 2 is 1.92 bits per heavy atom. The summed E-state index contributed by atoms with van der Waals surface area (Å²) in [4.78, 5) is 13.0. The van der Waals surface area contributed by atoms with Crippen LogP contribution in [0.5, 0.6) is 5.75 Å². The maximum atomic E-state index is 9.76. The highest BCUT2D eigenvalue weighted by Crippen LogP contribution is 2.35. The normalized spacial score (nSPS) is 10.7. The minimum Gasteiger partial charge on any atom is -0.497 e. The first-order valence-corrected chi connectivity index (χ1v) is 8.04. The fourth-order valence-electron chi connectivity index (χ4n) is 3.03. The molecule has 0 unspecified atom stereocenters. The molecule has 0 fully saturated rings. The van der Waals surface area contributed by atoms with Crippen LogP contribution in [0.15, 0.2) is 55.2 Å². The fourth-order valence-corrected chi connectivity index (χ4v) is 3.03. The van der Waals surface area contributed by atoms with E-state index in [4.69, 9.17) is 4.74 Å². The number of rotatable bonds is 3. The van der Waals surface area contributed by atoms with Gasteiger partial charge in [0.05, 0.1) is 12.8 Å². The van der Waals surface area contributed by atoms with Crippen LogP contribution in [-0.4, -0.2) is 26.6 Å². The highest BCUT2D eigenvalue weighted by molar-refractivity contribution is 6.02. The largest absolute Gasteiger partial charge is 0.497 e. The first kappa shape index (κ1) is 15.8. The molecule has 0 aliphatic rings. The first-order chi connectivity index (χ1) is 12.7. The van der Waals surface area contributed by atoms with Crippen molar-refractivity contribution in [1.29, 1.82) is 5.26 Å². The molecular formula is C20H15N5O.